The van der Waals surface area contributed by atoms with E-state index in [-0.39, 0.29) is 18.3 Å². The van der Waals surface area contributed by atoms with Gasteiger partial charge in [-0.25, -0.2) is 0 Å². The number of carbonyl (C=O) groups is 1. The smallest absolute Gasteiger partial charge is 0.303 e. The van der Waals surface area contributed by atoms with Crippen LogP contribution in [0.2, 0.25) is 0 Å². The fourth-order valence-electron chi connectivity index (χ4n) is 5.78. The van der Waals surface area contributed by atoms with Crippen LogP contribution in [0, 0.1) is 11.8 Å². The Morgan fingerprint density at radius 2 is 1.89 bits per heavy atom. The molecule has 0 bridgehead atoms. The molecule has 3 atom stereocenters. The van der Waals surface area contributed by atoms with Gasteiger partial charge in [0.05, 0.1) is 25.8 Å². The quantitative estimate of drug-likeness (QED) is 0.288. The molecule has 0 radical (unpaired) electrons. The van der Waals surface area contributed by atoms with Gasteiger partial charge in [0, 0.05) is 24.5 Å². The molecule has 1 aromatic heterocycles. The molecule has 0 aliphatic carbocycles. The summed E-state index contributed by atoms with van der Waals surface area (Å²) in [4.78, 5) is 18.5. The molecule has 38 heavy (non-hydrogen) atoms. The van der Waals surface area contributed by atoms with Gasteiger partial charge < -0.3 is 24.6 Å². The van der Waals surface area contributed by atoms with Crippen LogP contribution in [0.25, 0.3) is 10.9 Å². The number of carboxylic acid groups (broad SMARTS) is 1. The van der Waals surface area contributed by atoms with Crippen molar-refractivity contribution in [3.63, 3.8) is 0 Å². The van der Waals surface area contributed by atoms with Gasteiger partial charge in [-0.2, -0.15) is 0 Å². The van der Waals surface area contributed by atoms with Crippen LogP contribution in [0.5, 0.6) is 11.5 Å². The first-order valence-electron chi connectivity index (χ1n) is 13.6. The van der Waals surface area contributed by atoms with Crippen molar-refractivity contribution in [1.29, 1.82) is 0 Å². The number of aromatic nitrogens is 1. The largest absolute Gasteiger partial charge is 0.497 e. The number of unbranched alkanes of at least 4 members (excludes halogenated alkanes) is 1. The van der Waals surface area contributed by atoms with E-state index < -0.39 is 12.1 Å². The lowest BCUT2D eigenvalue weighted by atomic mass is 9.79. The molecule has 7 heteroatoms. The van der Waals surface area contributed by atoms with Crippen LogP contribution < -0.4 is 9.47 Å². The van der Waals surface area contributed by atoms with Crippen LogP contribution in [0.1, 0.15) is 55.8 Å². The highest BCUT2D eigenvalue weighted by Crippen LogP contribution is 2.35. The molecule has 4 rings (SSSR count). The molecule has 0 amide bonds. The Kier molecular flexibility index (Phi) is 9.96. The Labute approximate surface area is 225 Å². The number of pyridine rings is 1. The number of piperidine rings is 1. The lowest BCUT2D eigenvalue weighted by molar-refractivity contribution is -0.139. The number of benzene rings is 2. The first-order valence-corrected chi connectivity index (χ1v) is 13.6. The third kappa shape index (κ3) is 7.45. The number of aryl methyl sites for hydroxylation is 1. The summed E-state index contributed by atoms with van der Waals surface area (Å²) in [6.45, 7) is 2.77. The highest BCUT2D eigenvalue weighted by molar-refractivity contribution is 5.83. The summed E-state index contributed by atoms with van der Waals surface area (Å²) >= 11 is 0. The Hall–Kier alpha value is -3.16. The average molecular weight is 521 g/mol. The Morgan fingerprint density at radius 1 is 1.08 bits per heavy atom. The molecule has 1 unspecified atom stereocenters. The number of rotatable bonds is 13. The van der Waals surface area contributed by atoms with Crippen molar-refractivity contribution in [2.45, 2.75) is 51.0 Å². The molecule has 1 saturated heterocycles. The summed E-state index contributed by atoms with van der Waals surface area (Å²) in [7, 11) is 3.32. The number of carboxylic acids is 1. The van der Waals surface area contributed by atoms with Gasteiger partial charge in [-0.15, -0.1) is 0 Å². The second kappa shape index (κ2) is 13.6. The van der Waals surface area contributed by atoms with E-state index in [1.54, 1.807) is 20.4 Å². The van der Waals surface area contributed by atoms with E-state index in [1.807, 2.05) is 36.4 Å². The van der Waals surface area contributed by atoms with Crippen LogP contribution in [0.15, 0.2) is 54.7 Å². The maximum atomic E-state index is 11.7. The lowest BCUT2D eigenvalue weighted by Gasteiger charge is -2.38. The number of likely N-dealkylation sites (tertiary alicyclic amines) is 1. The fourth-order valence-corrected chi connectivity index (χ4v) is 5.78. The zero-order chi connectivity index (χ0) is 26.9. The van der Waals surface area contributed by atoms with Crippen LogP contribution in [0.3, 0.4) is 0 Å². The van der Waals surface area contributed by atoms with Gasteiger partial charge in [0.25, 0.3) is 0 Å². The second-order valence-corrected chi connectivity index (χ2v) is 10.4. The van der Waals surface area contributed by atoms with E-state index in [9.17, 15) is 15.0 Å². The first kappa shape index (κ1) is 27.9. The average Bonchev–Trinajstić information content (AvgIpc) is 2.93. The van der Waals surface area contributed by atoms with Crippen molar-refractivity contribution in [3.8, 4) is 11.5 Å². The van der Waals surface area contributed by atoms with Crippen LogP contribution in [-0.2, 0) is 11.2 Å². The van der Waals surface area contributed by atoms with Gasteiger partial charge >= 0.3 is 5.97 Å². The SMILES string of the molecule is COc1cccc(CCCCN2CC[C@@H](CCC(O)c3ccnc4ccc(OC)cc34)[C@@H](CC(=O)O)C2)c1. The van der Waals surface area contributed by atoms with Crippen LogP contribution >= 0.6 is 0 Å². The van der Waals surface area contributed by atoms with E-state index in [1.165, 1.54) is 5.56 Å². The van der Waals surface area contributed by atoms with E-state index in [0.717, 1.165) is 79.7 Å². The molecule has 2 N–H and O–H groups in total. The van der Waals surface area contributed by atoms with Gasteiger partial charge in [0.1, 0.15) is 11.5 Å². The number of aliphatic hydroxyl groups is 1. The highest BCUT2D eigenvalue weighted by Gasteiger charge is 2.31. The number of ether oxygens (including phenoxy) is 2. The summed E-state index contributed by atoms with van der Waals surface area (Å²) in [6, 6.07) is 15.8. The zero-order valence-corrected chi connectivity index (χ0v) is 22.5. The normalized spacial score (nSPS) is 18.8. The molecule has 1 aliphatic heterocycles. The van der Waals surface area contributed by atoms with E-state index in [4.69, 9.17) is 9.47 Å². The number of aliphatic carboxylic acids is 1. The molecule has 2 heterocycles. The first-order chi connectivity index (χ1) is 18.5. The predicted molar refractivity (Wildman–Crippen MR) is 149 cm³/mol. The molecule has 0 saturated carbocycles. The summed E-state index contributed by atoms with van der Waals surface area (Å²) in [5.74, 6) is 1.27. The number of aliphatic hydroxyl groups excluding tert-OH is 1. The zero-order valence-electron chi connectivity index (χ0n) is 22.5. The van der Waals surface area contributed by atoms with Crippen molar-refractivity contribution in [1.82, 2.24) is 9.88 Å². The summed E-state index contributed by atoms with van der Waals surface area (Å²) in [6.07, 6.45) is 6.82. The van der Waals surface area contributed by atoms with Crippen molar-refractivity contribution in [3.05, 3.63) is 65.9 Å². The van der Waals surface area contributed by atoms with Crippen molar-refractivity contribution >= 4 is 16.9 Å². The molecule has 7 nitrogen and oxygen atoms in total. The summed E-state index contributed by atoms with van der Waals surface area (Å²) in [5.41, 5.74) is 2.95. The number of hydrogen-bond acceptors (Lipinski definition) is 6. The molecule has 1 fully saturated rings. The minimum absolute atomic E-state index is 0.0983. The number of methoxy groups -OCH3 is 2. The minimum Gasteiger partial charge on any atom is -0.497 e. The Balaban J connectivity index is 1.30. The van der Waals surface area contributed by atoms with Crippen molar-refractivity contribution in [2.24, 2.45) is 11.8 Å². The molecule has 204 valence electrons. The monoisotopic (exact) mass is 520 g/mol. The van der Waals surface area contributed by atoms with E-state index >= 15 is 0 Å². The van der Waals surface area contributed by atoms with Gasteiger partial charge in [-0.3, -0.25) is 9.78 Å². The number of nitrogens with zero attached hydrogens (tertiary/aromatic N) is 2. The fraction of sp³-hybridized carbons (Fsp3) is 0.484. The summed E-state index contributed by atoms with van der Waals surface area (Å²) < 4.78 is 10.7. The van der Waals surface area contributed by atoms with Crippen molar-refractivity contribution in [2.75, 3.05) is 33.9 Å². The van der Waals surface area contributed by atoms with Crippen LogP contribution in [0.4, 0.5) is 0 Å². The van der Waals surface area contributed by atoms with Crippen LogP contribution in [-0.4, -0.2) is 59.9 Å². The molecule has 2 aromatic carbocycles. The van der Waals surface area contributed by atoms with Crippen molar-refractivity contribution < 1.29 is 24.5 Å². The standard InChI is InChI=1S/C31H40N2O5/c1-37-25-8-5-7-22(18-25)6-3-4-16-33-17-14-23(24(21-33)19-31(35)36)9-12-30(34)27-13-15-32-29-11-10-26(38-2)20-28(27)29/h5,7-8,10-11,13,15,18,20,23-24,30,34H,3-4,6,9,12,14,16-17,19,21H2,1-2H3,(H,35,36)/t23-,24+,30?/m1/s1. The highest BCUT2D eigenvalue weighted by atomic mass is 16.5. The molecular weight excluding hydrogens is 480 g/mol. The maximum absolute atomic E-state index is 11.7. The van der Waals surface area contributed by atoms with E-state index in [0.29, 0.717) is 6.42 Å². The van der Waals surface area contributed by atoms with Gasteiger partial charge in [0.2, 0.25) is 0 Å². The Morgan fingerprint density at radius 3 is 2.68 bits per heavy atom. The number of hydrogen-bond donors (Lipinski definition) is 2. The topological polar surface area (TPSA) is 92.1 Å². The van der Waals surface area contributed by atoms with Gasteiger partial charge in [0.15, 0.2) is 0 Å². The van der Waals surface area contributed by atoms with E-state index in [2.05, 4.69) is 22.0 Å². The molecular formula is C31H40N2O5. The number of fused-ring (bicyclic) bond motifs is 1. The van der Waals surface area contributed by atoms with Gasteiger partial charge in [-0.05, 0) is 111 Å². The lowest BCUT2D eigenvalue weighted by Crippen LogP contribution is -2.41. The summed E-state index contributed by atoms with van der Waals surface area (Å²) in [5, 5.41) is 21.6. The molecule has 1 aliphatic rings. The third-order valence-corrected chi connectivity index (χ3v) is 7.89. The third-order valence-electron chi connectivity index (χ3n) is 7.89. The molecule has 3 aromatic rings. The van der Waals surface area contributed by atoms with Gasteiger partial charge in [-0.1, -0.05) is 12.1 Å². The second-order valence-electron chi connectivity index (χ2n) is 10.4. The predicted octanol–water partition coefficient (Wildman–Crippen LogP) is 5.50. The maximum Gasteiger partial charge on any atom is 0.303 e. The molecule has 0 spiro atoms. The Bertz CT molecular complexity index is 1200. The minimum atomic E-state index is -0.743.